The summed E-state index contributed by atoms with van der Waals surface area (Å²) in [5.41, 5.74) is 1.11. The first-order chi connectivity index (χ1) is 10.6. The zero-order chi connectivity index (χ0) is 15.9. The molecule has 0 bridgehead atoms. The van der Waals surface area contributed by atoms with Gasteiger partial charge in [-0.3, -0.25) is 0 Å². The molecule has 1 aromatic rings. The Morgan fingerprint density at radius 2 is 2.09 bits per heavy atom. The first-order valence-corrected chi connectivity index (χ1v) is 7.96. The van der Waals surface area contributed by atoms with Gasteiger partial charge in [-0.2, -0.15) is 0 Å². The van der Waals surface area contributed by atoms with Gasteiger partial charge in [0.1, 0.15) is 11.9 Å². The second kappa shape index (κ2) is 8.03. The van der Waals surface area contributed by atoms with Crippen molar-refractivity contribution in [3.05, 3.63) is 29.8 Å². The minimum absolute atomic E-state index is 0.00123. The van der Waals surface area contributed by atoms with Crippen molar-refractivity contribution in [1.82, 2.24) is 10.2 Å². The fourth-order valence-corrected chi connectivity index (χ4v) is 2.78. The molecule has 2 atom stereocenters. The number of benzene rings is 1. The molecule has 1 saturated carbocycles. The zero-order valence-corrected chi connectivity index (χ0v) is 13.4. The SMILES string of the molecule is Cc1ccccc1OC1CCCCC1NC(=O)N(C)CCO. The zero-order valence-electron chi connectivity index (χ0n) is 13.4. The molecule has 2 rings (SSSR count). The number of rotatable bonds is 5. The number of nitrogens with one attached hydrogen (secondary N) is 1. The lowest BCUT2D eigenvalue weighted by molar-refractivity contribution is 0.110. The van der Waals surface area contributed by atoms with Gasteiger partial charge >= 0.3 is 6.03 Å². The molecule has 1 fully saturated rings. The molecule has 0 radical (unpaired) electrons. The lowest BCUT2D eigenvalue weighted by Crippen LogP contribution is -2.51. The van der Waals surface area contributed by atoms with E-state index in [4.69, 9.17) is 9.84 Å². The van der Waals surface area contributed by atoms with Gasteiger partial charge in [0.15, 0.2) is 0 Å². The van der Waals surface area contributed by atoms with E-state index < -0.39 is 0 Å². The largest absolute Gasteiger partial charge is 0.488 e. The van der Waals surface area contributed by atoms with E-state index >= 15 is 0 Å². The Hall–Kier alpha value is -1.75. The van der Waals surface area contributed by atoms with Gasteiger partial charge in [-0.25, -0.2) is 4.79 Å². The third-order valence-corrected chi connectivity index (χ3v) is 4.17. The monoisotopic (exact) mass is 306 g/mol. The summed E-state index contributed by atoms with van der Waals surface area (Å²) >= 11 is 0. The second-order valence-corrected chi connectivity index (χ2v) is 5.91. The Balaban J connectivity index is 1.99. The summed E-state index contributed by atoms with van der Waals surface area (Å²) in [6.45, 7) is 2.33. The molecule has 1 aliphatic rings. The number of carbonyl (C=O) groups is 1. The van der Waals surface area contributed by atoms with Crippen LogP contribution in [-0.4, -0.2) is 48.4 Å². The molecule has 2 N–H and O–H groups in total. The van der Waals surface area contributed by atoms with Crippen molar-refractivity contribution >= 4 is 6.03 Å². The molecular formula is C17H26N2O3. The minimum atomic E-state index is -0.153. The molecular weight excluding hydrogens is 280 g/mol. The van der Waals surface area contributed by atoms with Gasteiger partial charge in [0, 0.05) is 13.6 Å². The maximum absolute atomic E-state index is 12.1. The molecule has 1 aromatic carbocycles. The van der Waals surface area contributed by atoms with Gasteiger partial charge in [0.05, 0.1) is 12.6 Å². The quantitative estimate of drug-likeness (QED) is 0.877. The second-order valence-electron chi connectivity index (χ2n) is 5.91. The van der Waals surface area contributed by atoms with Gasteiger partial charge in [-0.1, -0.05) is 24.6 Å². The van der Waals surface area contributed by atoms with Gasteiger partial charge in [-0.05, 0) is 37.8 Å². The van der Waals surface area contributed by atoms with E-state index in [9.17, 15) is 4.79 Å². The number of aryl methyl sites for hydroxylation is 1. The average Bonchev–Trinajstić information content (AvgIpc) is 2.51. The number of aliphatic hydroxyl groups excluding tert-OH is 1. The molecule has 0 aromatic heterocycles. The first-order valence-electron chi connectivity index (χ1n) is 7.96. The van der Waals surface area contributed by atoms with E-state index in [0.29, 0.717) is 6.54 Å². The molecule has 2 unspecified atom stereocenters. The van der Waals surface area contributed by atoms with Crippen molar-refractivity contribution in [2.45, 2.75) is 44.8 Å². The van der Waals surface area contributed by atoms with E-state index in [1.807, 2.05) is 31.2 Å². The van der Waals surface area contributed by atoms with Crippen molar-refractivity contribution in [2.75, 3.05) is 20.2 Å². The minimum Gasteiger partial charge on any atom is -0.488 e. The van der Waals surface area contributed by atoms with E-state index in [1.54, 1.807) is 7.05 Å². The summed E-state index contributed by atoms with van der Waals surface area (Å²) in [6.07, 6.45) is 4.09. The molecule has 0 aliphatic heterocycles. The number of urea groups is 1. The van der Waals surface area contributed by atoms with Gasteiger partial charge in [-0.15, -0.1) is 0 Å². The summed E-state index contributed by atoms with van der Waals surface area (Å²) in [6, 6.07) is 7.82. The summed E-state index contributed by atoms with van der Waals surface area (Å²) in [4.78, 5) is 13.6. The third-order valence-electron chi connectivity index (χ3n) is 4.17. The molecule has 122 valence electrons. The molecule has 5 nitrogen and oxygen atoms in total. The number of aliphatic hydroxyl groups is 1. The van der Waals surface area contributed by atoms with Crippen molar-refractivity contribution in [3.8, 4) is 5.75 Å². The van der Waals surface area contributed by atoms with Crippen molar-refractivity contribution in [3.63, 3.8) is 0 Å². The highest BCUT2D eigenvalue weighted by atomic mass is 16.5. The summed E-state index contributed by atoms with van der Waals surface area (Å²) in [5.74, 6) is 0.886. The Bertz CT molecular complexity index is 493. The van der Waals surface area contributed by atoms with Crippen LogP contribution in [0.5, 0.6) is 5.75 Å². The van der Waals surface area contributed by atoms with E-state index in [0.717, 1.165) is 37.0 Å². The lowest BCUT2D eigenvalue weighted by atomic mass is 9.92. The number of ether oxygens (including phenoxy) is 1. The number of nitrogens with zero attached hydrogens (tertiary/aromatic N) is 1. The van der Waals surface area contributed by atoms with Crippen LogP contribution in [-0.2, 0) is 0 Å². The van der Waals surface area contributed by atoms with Crippen LogP contribution in [0, 0.1) is 6.92 Å². The Kier molecular flexibility index (Phi) is 6.07. The molecule has 5 heteroatoms. The normalized spacial score (nSPS) is 21.2. The molecule has 2 amide bonds. The molecule has 0 saturated heterocycles. The fourth-order valence-electron chi connectivity index (χ4n) is 2.78. The Labute approximate surface area is 132 Å². The van der Waals surface area contributed by atoms with Crippen LogP contribution >= 0.6 is 0 Å². The number of para-hydroxylation sites is 1. The molecule has 1 aliphatic carbocycles. The fraction of sp³-hybridized carbons (Fsp3) is 0.588. The van der Waals surface area contributed by atoms with Crippen LogP contribution in [0.2, 0.25) is 0 Å². The molecule has 0 heterocycles. The van der Waals surface area contributed by atoms with Gasteiger partial charge in [0.25, 0.3) is 0 Å². The maximum Gasteiger partial charge on any atom is 0.317 e. The van der Waals surface area contributed by atoms with E-state index in [1.165, 1.54) is 4.90 Å². The predicted octanol–water partition coefficient (Wildman–Crippen LogP) is 2.32. The maximum atomic E-state index is 12.1. The van der Waals surface area contributed by atoms with Gasteiger partial charge < -0.3 is 20.1 Å². The Morgan fingerprint density at radius 1 is 1.36 bits per heavy atom. The van der Waals surface area contributed by atoms with E-state index in [2.05, 4.69) is 5.32 Å². The number of carbonyl (C=O) groups excluding carboxylic acids is 1. The van der Waals surface area contributed by atoms with Crippen LogP contribution in [0.25, 0.3) is 0 Å². The van der Waals surface area contributed by atoms with Crippen molar-refractivity contribution in [1.29, 1.82) is 0 Å². The highest BCUT2D eigenvalue weighted by Gasteiger charge is 2.29. The van der Waals surface area contributed by atoms with Crippen LogP contribution in [0.1, 0.15) is 31.2 Å². The standard InChI is InChI=1S/C17H26N2O3/c1-13-7-3-5-9-15(13)22-16-10-6-4-8-14(16)18-17(21)19(2)11-12-20/h3,5,7,9,14,16,20H,4,6,8,10-12H2,1-2H3,(H,18,21). The third kappa shape index (κ3) is 4.37. The predicted molar refractivity (Wildman–Crippen MR) is 86.1 cm³/mol. The summed E-state index contributed by atoms with van der Waals surface area (Å²) < 4.78 is 6.16. The van der Waals surface area contributed by atoms with Crippen LogP contribution in [0.3, 0.4) is 0 Å². The van der Waals surface area contributed by atoms with Crippen LogP contribution < -0.4 is 10.1 Å². The van der Waals surface area contributed by atoms with Crippen LogP contribution in [0.4, 0.5) is 4.79 Å². The average molecular weight is 306 g/mol. The van der Waals surface area contributed by atoms with E-state index in [-0.39, 0.29) is 24.8 Å². The molecule has 0 spiro atoms. The Morgan fingerprint density at radius 3 is 2.82 bits per heavy atom. The van der Waals surface area contributed by atoms with Gasteiger partial charge in [0.2, 0.25) is 0 Å². The van der Waals surface area contributed by atoms with Crippen molar-refractivity contribution in [2.24, 2.45) is 0 Å². The number of amides is 2. The number of hydrogen-bond acceptors (Lipinski definition) is 3. The smallest absolute Gasteiger partial charge is 0.317 e. The molecule has 22 heavy (non-hydrogen) atoms. The van der Waals surface area contributed by atoms with Crippen molar-refractivity contribution < 1.29 is 14.6 Å². The number of hydrogen-bond donors (Lipinski definition) is 2. The lowest BCUT2D eigenvalue weighted by Gasteiger charge is -2.34. The number of likely N-dealkylation sites (N-methyl/N-ethyl adjacent to an activating group) is 1. The highest BCUT2D eigenvalue weighted by molar-refractivity contribution is 5.74. The summed E-state index contributed by atoms with van der Waals surface area (Å²) in [7, 11) is 1.69. The summed E-state index contributed by atoms with van der Waals surface area (Å²) in [5, 5.41) is 12.0. The highest BCUT2D eigenvalue weighted by Crippen LogP contribution is 2.26. The topological polar surface area (TPSA) is 61.8 Å². The first kappa shape index (κ1) is 16.6. The van der Waals surface area contributed by atoms with Crippen LogP contribution in [0.15, 0.2) is 24.3 Å².